The van der Waals surface area contributed by atoms with Gasteiger partial charge in [-0.05, 0) is 25.1 Å². The lowest BCUT2D eigenvalue weighted by Gasteiger charge is -2.12. The Morgan fingerprint density at radius 3 is 2.40 bits per heavy atom. The summed E-state index contributed by atoms with van der Waals surface area (Å²) in [5, 5.41) is 9.86. The fourth-order valence-corrected chi connectivity index (χ4v) is 1.57. The fraction of sp³-hybridized carbons (Fsp3) is 0.917. The first-order chi connectivity index (χ1) is 7.22. The summed E-state index contributed by atoms with van der Waals surface area (Å²) in [5.74, 6) is 0. The monoisotopic (exact) mass is 232 g/mol. The van der Waals surface area contributed by atoms with E-state index < -0.39 is 6.10 Å². The van der Waals surface area contributed by atoms with Crippen molar-refractivity contribution in [3.63, 3.8) is 0 Å². The Hall–Kier alpha value is -0.150. The van der Waals surface area contributed by atoms with E-state index in [0.717, 1.165) is 12.8 Å². The summed E-state index contributed by atoms with van der Waals surface area (Å²) >= 11 is 4.97. The van der Waals surface area contributed by atoms with Crippen LogP contribution in [-0.4, -0.2) is 22.9 Å². The number of hydrogen-bond acceptors (Lipinski definition) is 3. The van der Waals surface area contributed by atoms with Gasteiger partial charge < -0.3 is 9.84 Å². The Labute approximate surface area is 99.0 Å². The van der Waals surface area contributed by atoms with Crippen molar-refractivity contribution in [3.05, 3.63) is 0 Å². The van der Waals surface area contributed by atoms with E-state index in [-0.39, 0.29) is 0 Å². The largest absolute Gasteiger partial charge is 0.484 e. The normalized spacial score (nSPS) is 12.5. The van der Waals surface area contributed by atoms with Gasteiger partial charge in [0.2, 0.25) is 0 Å². The van der Waals surface area contributed by atoms with E-state index in [1.807, 2.05) is 6.92 Å². The van der Waals surface area contributed by atoms with Crippen molar-refractivity contribution >= 4 is 17.3 Å². The third-order valence-electron chi connectivity index (χ3n) is 2.33. The van der Waals surface area contributed by atoms with E-state index in [0.29, 0.717) is 18.1 Å². The van der Waals surface area contributed by atoms with Gasteiger partial charge in [0, 0.05) is 0 Å². The zero-order valence-electron chi connectivity index (χ0n) is 10.00. The van der Waals surface area contributed by atoms with Crippen LogP contribution in [-0.2, 0) is 4.74 Å². The number of aliphatic hydroxyl groups excluding tert-OH is 1. The minimum atomic E-state index is -0.555. The third kappa shape index (κ3) is 8.82. The van der Waals surface area contributed by atoms with Gasteiger partial charge >= 0.3 is 0 Å². The van der Waals surface area contributed by atoms with Gasteiger partial charge in [0.05, 0.1) is 6.61 Å². The first kappa shape index (κ1) is 14.8. The molecule has 1 unspecified atom stereocenters. The molecule has 0 bridgehead atoms. The highest BCUT2D eigenvalue weighted by atomic mass is 32.1. The lowest BCUT2D eigenvalue weighted by molar-refractivity contribution is 0.181. The van der Waals surface area contributed by atoms with Crippen molar-refractivity contribution in [1.29, 1.82) is 0 Å². The molecule has 0 aliphatic carbocycles. The van der Waals surface area contributed by atoms with E-state index in [9.17, 15) is 5.11 Å². The molecule has 0 rings (SSSR count). The molecule has 0 saturated heterocycles. The molecule has 3 heteroatoms. The average molecular weight is 232 g/mol. The standard InChI is InChI=1S/C12H24O2S/c1-3-5-6-7-8-10-14-12(15)11(13)9-4-2/h11,13H,3-10H2,1-2H3. The van der Waals surface area contributed by atoms with Crippen LogP contribution in [0.5, 0.6) is 0 Å². The maximum atomic E-state index is 9.49. The first-order valence-electron chi connectivity index (χ1n) is 6.07. The molecule has 0 radical (unpaired) electrons. The molecule has 90 valence electrons. The van der Waals surface area contributed by atoms with Crippen molar-refractivity contribution < 1.29 is 9.84 Å². The number of aliphatic hydroxyl groups is 1. The highest BCUT2D eigenvalue weighted by molar-refractivity contribution is 7.80. The topological polar surface area (TPSA) is 29.5 Å². The van der Waals surface area contributed by atoms with Crippen LogP contribution < -0.4 is 0 Å². The molecule has 2 nitrogen and oxygen atoms in total. The van der Waals surface area contributed by atoms with Crippen molar-refractivity contribution in [2.45, 2.75) is 64.9 Å². The Morgan fingerprint density at radius 2 is 1.80 bits per heavy atom. The summed E-state index contributed by atoms with van der Waals surface area (Å²) in [4.78, 5) is 0. The Balaban J connectivity index is 3.30. The first-order valence-corrected chi connectivity index (χ1v) is 6.47. The predicted molar refractivity (Wildman–Crippen MR) is 68.2 cm³/mol. The molecule has 0 heterocycles. The van der Waals surface area contributed by atoms with Gasteiger partial charge in [-0.2, -0.15) is 0 Å². The van der Waals surface area contributed by atoms with Crippen LogP contribution in [0.4, 0.5) is 0 Å². The smallest absolute Gasteiger partial charge is 0.188 e. The maximum absolute atomic E-state index is 9.49. The number of hydrogen-bond donors (Lipinski definition) is 1. The summed E-state index contributed by atoms with van der Waals surface area (Å²) in [6.07, 6.45) is 7.14. The molecule has 1 atom stereocenters. The van der Waals surface area contributed by atoms with Crippen LogP contribution in [0.1, 0.15) is 58.8 Å². The fourth-order valence-electron chi connectivity index (χ4n) is 1.37. The molecule has 0 aromatic rings. The minimum Gasteiger partial charge on any atom is -0.484 e. The third-order valence-corrected chi connectivity index (χ3v) is 2.72. The molecule has 0 spiro atoms. The van der Waals surface area contributed by atoms with E-state index in [4.69, 9.17) is 17.0 Å². The Bertz CT molecular complexity index is 160. The van der Waals surface area contributed by atoms with Gasteiger partial charge in [0.25, 0.3) is 0 Å². The highest BCUT2D eigenvalue weighted by Crippen LogP contribution is 2.05. The maximum Gasteiger partial charge on any atom is 0.188 e. The zero-order chi connectivity index (χ0) is 11.5. The van der Waals surface area contributed by atoms with Crippen molar-refractivity contribution in [2.75, 3.05) is 6.61 Å². The van der Waals surface area contributed by atoms with Gasteiger partial charge in [-0.1, -0.05) is 46.0 Å². The predicted octanol–water partition coefficient (Wildman–Crippen LogP) is 3.46. The molecule has 0 aromatic carbocycles. The minimum absolute atomic E-state index is 0.368. The Kier molecular flexibility index (Phi) is 10.3. The van der Waals surface area contributed by atoms with Gasteiger partial charge in [-0.3, -0.25) is 0 Å². The van der Waals surface area contributed by atoms with Crippen LogP contribution >= 0.6 is 12.2 Å². The van der Waals surface area contributed by atoms with E-state index in [1.165, 1.54) is 25.7 Å². The summed E-state index contributed by atoms with van der Waals surface area (Å²) in [6, 6.07) is 0. The number of ether oxygens (including phenoxy) is 1. The second-order valence-electron chi connectivity index (χ2n) is 3.89. The van der Waals surface area contributed by atoms with Crippen LogP contribution in [0.25, 0.3) is 0 Å². The lowest BCUT2D eigenvalue weighted by Crippen LogP contribution is -2.21. The van der Waals surface area contributed by atoms with Crippen LogP contribution in [0, 0.1) is 0 Å². The quantitative estimate of drug-likeness (QED) is 0.487. The SMILES string of the molecule is CCCCCCCOC(=S)C(O)CCC. The van der Waals surface area contributed by atoms with Crippen molar-refractivity contribution in [3.8, 4) is 0 Å². The molecular weight excluding hydrogens is 208 g/mol. The molecule has 0 amide bonds. The molecule has 0 saturated carbocycles. The summed E-state index contributed by atoms with van der Waals surface area (Å²) in [6.45, 7) is 4.88. The zero-order valence-corrected chi connectivity index (χ0v) is 10.8. The molecular formula is C12H24O2S. The second kappa shape index (κ2) is 10.4. The van der Waals surface area contributed by atoms with E-state index in [2.05, 4.69) is 6.92 Å². The van der Waals surface area contributed by atoms with E-state index >= 15 is 0 Å². The van der Waals surface area contributed by atoms with Crippen molar-refractivity contribution in [1.82, 2.24) is 0 Å². The van der Waals surface area contributed by atoms with Gasteiger partial charge in [-0.15, -0.1) is 0 Å². The Morgan fingerprint density at radius 1 is 1.13 bits per heavy atom. The molecule has 0 aromatic heterocycles. The van der Waals surface area contributed by atoms with Gasteiger partial charge in [0.1, 0.15) is 6.10 Å². The molecule has 0 fully saturated rings. The molecule has 1 N–H and O–H groups in total. The summed E-state index contributed by atoms with van der Waals surface area (Å²) in [7, 11) is 0. The highest BCUT2D eigenvalue weighted by Gasteiger charge is 2.09. The average Bonchev–Trinajstić information content (AvgIpc) is 2.23. The number of unbranched alkanes of at least 4 members (excludes halogenated alkanes) is 4. The lowest BCUT2D eigenvalue weighted by atomic mass is 10.2. The molecule has 0 aliphatic rings. The van der Waals surface area contributed by atoms with Crippen LogP contribution in [0.3, 0.4) is 0 Å². The second-order valence-corrected chi connectivity index (χ2v) is 4.29. The summed E-state index contributed by atoms with van der Waals surface area (Å²) < 4.78 is 5.32. The van der Waals surface area contributed by atoms with E-state index in [1.54, 1.807) is 0 Å². The van der Waals surface area contributed by atoms with Crippen LogP contribution in [0.2, 0.25) is 0 Å². The summed E-state index contributed by atoms with van der Waals surface area (Å²) in [5.41, 5.74) is 0. The van der Waals surface area contributed by atoms with Gasteiger partial charge in [0.15, 0.2) is 5.05 Å². The van der Waals surface area contributed by atoms with Gasteiger partial charge in [-0.25, -0.2) is 0 Å². The molecule has 0 aliphatic heterocycles. The number of thiocarbonyl (C=S) groups is 1. The number of rotatable bonds is 9. The van der Waals surface area contributed by atoms with Crippen LogP contribution in [0.15, 0.2) is 0 Å². The van der Waals surface area contributed by atoms with Crippen molar-refractivity contribution in [2.24, 2.45) is 0 Å². The molecule has 15 heavy (non-hydrogen) atoms.